The van der Waals surface area contributed by atoms with E-state index in [2.05, 4.69) is 10.2 Å². The van der Waals surface area contributed by atoms with Gasteiger partial charge in [-0.1, -0.05) is 0 Å². The normalized spacial score (nSPS) is 27.8. The summed E-state index contributed by atoms with van der Waals surface area (Å²) in [6.45, 7) is 3.22. The predicted molar refractivity (Wildman–Crippen MR) is 64.1 cm³/mol. The average Bonchev–Trinajstić information content (AvgIpc) is 2.24. The van der Waals surface area contributed by atoms with Crippen LogP contribution in [0.25, 0.3) is 0 Å². The Balaban J connectivity index is 1.87. The van der Waals surface area contributed by atoms with Crippen LogP contribution in [0.2, 0.25) is 0 Å². The minimum Gasteiger partial charge on any atom is -0.481 e. The summed E-state index contributed by atoms with van der Waals surface area (Å²) in [6, 6.07) is 0. The Bertz CT molecular complexity index is 273. The summed E-state index contributed by atoms with van der Waals surface area (Å²) >= 11 is 0. The smallest absolute Gasteiger partial charge is 0.305 e. The van der Waals surface area contributed by atoms with Crippen molar-refractivity contribution in [3.05, 3.63) is 0 Å². The second-order valence-electron chi connectivity index (χ2n) is 5.27. The van der Waals surface area contributed by atoms with Crippen molar-refractivity contribution in [1.29, 1.82) is 0 Å². The van der Waals surface area contributed by atoms with Crippen LogP contribution in [0.3, 0.4) is 0 Å². The molecule has 2 N–H and O–H groups in total. The standard InChI is InChI=1S/C12H22N2O3/c1-14(7-10-4-2-3-5-17-10)12(6-11(15)16)8-13-9-12/h10,13H,2-9H2,1H3,(H,15,16). The van der Waals surface area contributed by atoms with E-state index in [1.54, 1.807) is 0 Å². The molecule has 0 spiro atoms. The molecule has 0 aromatic rings. The van der Waals surface area contributed by atoms with Crippen molar-refractivity contribution in [2.24, 2.45) is 0 Å². The largest absolute Gasteiger partial charge is 0.481 e. The Kier molecular flexibility index (Phi) is 4.01. The molecule has 0 aromatic heterocycles. The monoisotopic (exact) mass is 242 g/mol. The molecule has 0 aromatic carbocycles. The van der Waals surface area contributed by atoms with Crippen molar-refractivity contribution >= 4 is 5.97 Å². The number of carboxylic acid groups (broad SMARTS) is 1. The van der Waals surface area contributed by atoms with E-state index in [0.717, 1.165) is 39.1 Å². The minimum atomic E-state index is -0.720. The quantitative estimate of drug-likeness (QED) is 0.726. The van der Waals surface area contributed by atoms with E-state index in [-0.39, 0.29) is 18.1 Å². The summed E-state index contributed by atoms with van der Waals surface area (Å²) in [6.07, 6.45) is 3.97. The molecule has 98 valence electrons. The van der Waals surface area contributed by atoms with Gasteiger partial charge in [0.05, 0.1) is 18.1 Å². The summed E-state index contributed by atoms with van der Waals surface area (Å²) in [4.78, 5) is 13.1. The summed E-state index contributed by atoms with van der Waals surface area (Å²) < 4.78 is 5.71. The highest BCUT2D eigenvalue weighted by molar-refractivity contribution is 5.68. The van der Waals surface area contributed by atoms with Gasteiger partial charge in [-0.15, -0.1) is 0 Å². The highest BCUT2D eigenvalue weighted by atomic mass is 16.5. The Morgan fingerprint density at radius 3 is 2.76 bits per heavy atom. The van der Waals surface area contributed by atoms with Crippen LogP contribution in [-0.2, 0) is 9.53 Å². The molecule has 2 heterocycles. The van der Waals surface area contributed by atoms with Gasteiger partial charge in [-0.3, -0.25) is 9.69 Å². The van der Waals surface area contributed by atoms with Crippen LogP contribution >= 0.6 is 0 Å². The predicted octanol–water partition coefficient (Wildman–Crippen LogP) is 0.304. The lowest BCUT2D eigenvalue weighted by Crippen LogP contribution is -2.69. The van der Waals surface area contributed by atoms with Crippen LogP contribution in [0.1, 0.15) is 25.7 Å². The molecule has 1 atom stereocenters. The lowest BCUT2D eigenvalue weighted by Gasteiger charge is -2.49. The van der Waals surface area contributed by atoms with Gasteiger partial charge in [0.15, 0.2) is 0 Å². The van der Waals surface area contributed by atoms with Gasteiger partial charge >= 0.3 is 5.97 Å². The summed E-state index contributed by atoms with van der Waals surface area (Å²) in [5, 5.41) is 12.2. The number of nitrogens with zero attached hydrogens (tertiary/aromatic N) is 1. The molecule has 0 bridgehead atoms. The van der Waals surface area contributed by atoms with Crippen molar-refractivity contribution < 1.29 is 14.6 Å². The van der Waals surface area contributed by atoms with E-state index >= 15 is 0 Å². The van der Waals surface area contributed by atoms with E-state index in [4.69, 9.17) is 9.84 Å². The van der Waals surface area contributed by atoms with Gasteiger partial charge in [0.2, 0.25) is 0 Å². The Labute approximate surface area is 102 Å². The van der Waals surface area contributed by atoms with Crippen molar-refractivity contribution in [2.45, 2.75) is 37.3 Å². The van der Waals surface area contributed by atoms with Gasteiger partial charge in [-0.2, -0.15) is 0 Å². The van der Waals surface area contributed by atoms with Crippen LogP contribution in [-0.4, -0.2) is 60.9 Å². The lowest BCUT2D eigenvalue weighted by atomic mass is 9.86. The van der Waals surface area contributed by atoms with E-state index in [1.807, 2.05) is 7.05 Å². The maximum atomic E-state index is 10.9. The molecule has 0 radical (unpaired) electrons. The van der Waals surface area contributed by atoms with Crippen molar-refractivity contribution in [3.8, 4) is 0 Å². The van der Waals surface area contributed by atoms with Gasteiger partial charge in [0, 0.05) is 26.2 Å². The van der Waals surface area contributed by atoms with Gasteiger partial charge in [0.1, 0.15) is 0 Å². The van der Waals surface area contributed by atoms with Gasteiger partial charge in [0.25, 0.3) is 0 Å². The van der Waals surface area contributed by atoms with Crippen LogP contribution in [0.4, 0.5) is 0 Å². The molecular weight excluding hydrogens is 220 g/mol. The van der Waals surface area contributed by atoms with Gasteiger partial charge in [-0.05, 0) is 26.3 Å². The SMILES string of the molecule is CN(CC1CCCCO1)C1(CC(=O)O)CNC1. The van der Waals surface area contributed by atoms with Crippen molar-refractivity contribution in [3.63, 3.8) is 0 Å². The molecule has 2 fully saturated rings. The first kappa shape index (κ1) is 12.8. The highest BCUT2D eigenvalue weighted by Gasteiger charge is 2.43. The molecule has 2 rings (SSSR count). The number of aliphatic carboxylic acids is 1. The summed E-state index contributed by atoms with van der Waals surface area (Å²) in [7, 11) is 2.02. The number of ether oxygens (including phenoxy) is 1. The first-order valence-electron chi connectivity index (χ1n) is 6.38. The molecule has 1 unspecified atom stereocenters. The maximum Gasteiger partial charge on any atom is 0.305 e. The molecule has 5 heteroatoms. The minimum absolute atomic E-state index is 0.202. The zero-order valence-corrected chi connectivity index (χ0v) is 10.4. The van der Waals surface area contributed by atoms with Crippen LogP contribution in [0.15, 0.2) is 0 Å². The van der Waals surface area contributed by atoms with Crippen LogP contribution in [0, 0.1) is 0 Å². The Morgan fingerprint density at radius 1 is 1.53 bits per heavy atom. The molecular formula is C12H22N2O3. The second-order valence-corrected chi connectivity index (χ2v) is 5.27. The number of carboxylic acids is 1. The molecule has 2 saturated heterocycles. The molecule has 0 aliphatic carbocycles. The van der Waals surface area contributed by atoms with Gasteiger partial charge < -0.3 is 15.2 Å². The molecule has 2 aliphatic heterocycles. The number of carbonyl (C=O) groups is 1. The van der Waals surface area contributed by atoms with Crippen LogP contribution < -0.4 is 5.32 Å². The fourth-order valence-electron chi connectivity index (χ4n) is 2.68. The number of hydrogen-bond acceptors (Lipinski definition) is 4. The summed E-state index contributed by atoms with van der Waals surface area (Å²) in [5.41, 5.74) is -0.202. The first-order chi connectivity index (χ1) is 8.12. The fraction of sp³-hybridized carbons (Fsp3) is 0.917. The molecule has 17 heavy (non-hydrogen) atoms. The topological polar surface area (TPSA) is 61.8 Å². The third-order valence-corrected chi connectivity index (χ3v) is 3.95. The third-order valence-electron chi connectivity index (χ3n) is 3.95. The summed E-state index contributed by atoms with van der Waals surface area (Å²) in [5.74, 6) is -0.720. The number of rotatable bonds is 5. The van der Waals surface area contributed by atoms with Crippen LogP contribution in [0.5, 0.6) is 0 Å². The molecule has 0 saturated carbocycles. The molecule has 0 amide bonds. The maximum absolute atomic E-state index is 10.9. The number of hydrogen-bond donors (Lipinski definition) is 2. The third kappa shape index (κ3) is 2.97. The number of likely N-dealkylation sites (N-methyl/N-ethyl adjacent to an activating group) is 1. The zero-order valence-electron chi connectivity index (χ0n) is 10.4. The van der Waals surface area contributed by atoms with Crippen molar-refractivity contribution in [2.75, 3.05) is 33.3 Å². The van der Waals surface area contributed by atoms with Crippen molar-refractivity contribution in [1.82, 2.24) is 10.2 Å². The molecule has 5 nitrogen and oxygen atoms in total. The van der Waals surface area contributed by atoms with E-state index in [1.165, 1.54) is 6.42 Å². The lowest BCUT2D eigenvalue weighted by molar-refractivity contribution is -0.142. The highest BCUT2D eigenvalue weighted by Crippen LogP contribution is 2.25. The van der Waals surface area contributed by atoms with Gasteiger partial charge in [-0.25, -0.2) is 0 Å². The molecule has 2 aliphatic rings. The Morgan fingerprint density at radius 2 is 2.29 bits per heavy atom. The van der Waals surface area contributed by atoms with E-state index in [9.17, 15) is 4.79 Å². The number of nitrogens with one attached hydrogen (secondary N) is 1. The van der Waals surface area contributed by atoms with E-state index < -0.39 is 5.97 Å². The zero-order chi connectivity index (χ0) is 12.3. The average molecular weight is 242 g/mol. The van der Waals surface area contributed by atoms with E-state index in [0.29, 0.717) is 0 Å². The Hall–Kier alpha value is -0.650. The second kappa shape index (κ2) is 5.33. The first-order valence-corrected chi connectivity index (χ1v) is 6.38. The fourth-order valence-corrected chi connectivity index (χ4v) is 2.68.